The summed E-state index contributed by atoms with van der Waals surface area (Å²) in [7, 11) is 0. The van der Waals surface area contributed by atoms with Crippen molar-refractivity contribution in [3.05, 3.63) is 71.6 Å². The maximum absolute atomic E-state index is 13.4. The van der Waals surface area contributed by atoms with Crippen molar-refractivity contribution >= 4 is 18.0 Å². The fourth-order valence-electron chi connectivity index (χ4n) is 4.79. The molecule has 2 fully saturated rings. The van der Waals surface area contributed by atoms with Crippen LogP contribution < -0.4 is 9.64 Å². The van der Waals surface area contributed by atoms with E-state index in [-0.39, 0.29) is 28.8 Å². The van der Waals surface area contributed by atoms with Crippen LogP contribution in [0.1, 0.15) is 36.7 Å². The van der Waals surface area contributed by atoms with Crippen LogP contribution in [0.15, 0.2) is 53.9 Å². The molecule has 10 heteroatoms. The lowest BCUT2D eigenvalue weighted by atomic mass is 9.61. The molecule has 2 heterocycles. The number of ether oxygens (including phenoxy) is 2. The highest BCUT2D eigenvalue weighted by Gasteiger charge is 2.54. The lowest BCUT2D eigenvalue weighted by molar-refractivity contribution is -0.137. The summed E-state index contributed by atoms with van der Waals surface area (Å²) in [5.74, 6) is -0.345. The van der Waals surface area contributed by atoms with Crippen LogP contribution in [0.2, 0.25) is 0 Å². The average Bonchev–Trinajstić information content (AvgIpc) is 2.79. The van der Waals surface area contributed by atoms with Gasteiger partial charge in [-0.15, -0.1) is 0 Å². The Morgan fingerprint density at radius 1 is 1.31 bits per heavy atom. The van der Waals surface area contributed by atoms with Crippen LogP contribution in [0, 0.1) is 22.6 Å². The SMILES string of the molecule is C=C/C(=C(\N=C)OCC)c1ccc(OC2CC3(C2)CN(c2ccc(F)cc2C(F)(F)F)C3)c(C#N)n1. The molecule has 1 spiro atoms. The van der Waals surface area contributed by atoms with Crippen molar-refractivity contribution in [2.24, 2.45) is 10.4 Å². The monoisotopic (exact) mass is 500 g/mol. The van der Waals surface area contributed by atoms with Crippen molar-refractivity contribution in [3.63, 3.8) is 0 Å². The minimum Gasteiger partial charge on any atom is -0.487 e. The van der Waals surface area contributed by atoms with E-state index in [9.17, 15) is 22.8 Å². The van der Waals surface area contributed by atoms with Gasteiger partial charge in [0.1, 0.15) is 18.0 Å². The molecule has 1 aliphatic heterocycles. The first-order valence-electron chi connectivity index (χ1n) is 11.3. The highest BCUT2D eigenvalue weighted by Crippen LogP contribution is 2.52. The highest BCUT2D eigenvalue weighted by atomic mass is 19.4. The number of aromatic nitrogens is 1. The van der Waals surface area contributed by atoms with Gasteiger partial charge in [0, 0.05) is 24.2 Å². The average molecular weight is 500 g/mol. The topological polar surface area (TPSA) is 70.7 Å². The number of halogens is 4. The predicted octanol–water partition coefficient (Wildman–Crippen LogP) is 5.75. The molecule has 1 aromatic carbocycles. The Morgan fingerprint density at radius 2 is 2.03 bits per heavy atom. The molecule has 188 valence electrons. The first kappa shape index (κ1) is 25.2. The van der Waals surface area contributed by atoms with E-state index < -0.39 is 17.6 Å². The maximum Gasteiger partial charge on any atom is 0.418 e. The molecule has 1 saturated heterocycles. The van der Waals surface area contributed by atoms with Crippen LogP contribution in [0.4, 0.5) is 23.2 Å². The lowest BCUT2D eigenvalue weighted by Gasteiger charge is -2.59. The highest BCUT2D eigenvalue weighted by molar-refractivity contribution is 5.74. The van der Waals surface area contributed by atoms with Gasteiger partial charge in [-0.05, 0) is 56.8 Å². The number of hydrogen-bond donors (Lipinski definition) is 0. The molecule has 1 aromatic heterocycles. The Labute approximate surface area is 206 Å². The second-order valence-corrected chi connectivity index (χ2v) is 8.83. The van der Waals surface area contributed by atoms with E-state index in [4.69, 9.17) is 9.47 Å². The second-order valence-electron chi connectivity index (χ2n) is 8.83. The predicted molar refractivity (Wildman–Crippen MR) is 127 cm³/mol. The number of nitriles is 1. The standard InChI is InChI=1S/C26H24F4N4O2/c1-4-18(24(32-3)35-5-2)20-7-9-23(21(13-31)33-20)36-17-11-25(12-17)14-34(15-25)22-8-6-16(27)10-19(22)26(28,29)30/h4,6-10,17H,1,3,5,11-12,14-15H2,2H3/b24-18-. The van der Waals surface area contributed by atoms with Crippen molar-refractivity contribution in [2.75, 3.05) is 24.6 Å². The fraction of sp³-hybridized carbons (Fsp3) is 0.346. The number of hydrogen-bond acceptors (Lipinski definition) is 6. The van der Waals surface area contributed by atoms with Crippen LogP contribution in [0.3, 0.4) is 0 Å². The molecule has 0 N–H and O–H groups in total. The lowest BCUT2D eigenvalue weighted by Crippen LogP contribution is -2.65. The summed E-state index contributed by atoms with van der Waals surface area (Å²) in [4.78, 5) is 9.83. The zero-order chi connectivity index (χ0) is 26.1. The molecule has 0 atom stereocenters. The number of anilines is 1. The number of allylic oxidation sites excluding steroid dienone is 2. The van der Waals surface area contributed by atoms with Crippen molar-refractivity contribution < 1.29 is 27.0 Å². The van der Waals surface area contributed by atoms with Gasteiger partial charge in [-0.25, -0.2) is 14.4 Å². The van der Waals surface area contributed by atoms with E-state index in [1.54, 1.807) is 24.0 Å². The van der Waals surface area contributed by atoms with E-state index >= 15 is 0 Å². The summed E-state index contributed by atoms with van der Waals surface area (Å²) in [5, 5.41) is 9.61. The van der Waals surface area contributed by atoms with Crippen LogP contribution in [0.25, 0.3) is 5.57 Å². The van der Waals surface area contributed by atoms with Gasteiger partial charge < -0.3 is 14.4 Å². The van der Waals surface area contributed by atoms with Crippen LogP contribution in [0.5, 0.6) is 5.75 Å². The Balaban J connectivity index is 1.42. The van der Waals surface area contributed by atoms with E-state index in [0.717, 1.165) is 6.07 Å². The third kappa shape index (κ3) is 4.78. The molecule has 0 radical (unpaired) electrons. The molecule has 0 unspecified atom stereocenters. The van der Waals surface area contributed by atoms with Crippen LogP contribution in [-0.4, -0.2) is 37.5 Å². The van der Waals surface area contributed by atoms with Gasteiger partial charge in [-0.3, -0.25) is 0 Å². The molecule has 0 bridgehead atoms. The van der Waals surface area contributed by atoms with Crippen LogP contribution in [-0.2, 0) is 10.9 Å². The van der Waals surface area contributed by atoms with Gasteiger partial charge in [0.15, 0.2) is 11.4 Å². The molecule has 2 aromatic rings. The van der Waals surface area contributed by atoms with Gasteiger partial charge in [-0.2, -0.15) is 18.4 Å². The minimum absolute atomic E-state index is 0.0167. The van der Waals surface area contributed by atoms with Gasteiger partial charge in [-0.1, -0.05) is 12.7 Å². The molecular formula is C26H24F4N4O2. The Kier molecular flexibility index (Phi) is 6.76. The van der Waals surface area contributed by atoms with E-state index in [0.29, 0.717) is 55.6 Å². The van der Waals surface area contributed by atoms with Gasteiger partial charge in [0.25, 0.3) is 0 Å². The summed E-state index contributed by atoms with van der Waals surface area (Å²) in [6.07, 6.45) is -2.04. The van der Waals surface area contributed by atoms with Gasteiger partial charge >= 0.3 is 6.18 Å². The number of alkyl halides is 3. The Morgan fingerprint density at radius 3 is 2.61 bits per heavy atom. The second kappa shape index (κ2) is 9.64. The molecule has 1 aliphatic carbocycles. The Bertz CT molecular complexity index is 1250. The van der Waals surface area contributed by atoms with E-state index in [2.05, 4.69) is 23.3 Å². The number of pyridine rings is 1. The quantitative estimate of drug-likeness (QED) is 0.200. The number of aliphatic imine (C=N–C) groups is 1. The molecule has 36 heavy (non-hydrogen) atoms. The largest absolute Gasteiger partial charge is 0.487 e. The summed E-state index contributed by atoms with van der Waals surface area (Å²) in [5.41, 5.74) is -0.138. The summed E-state index contributed by atoms with van der Waals surface area (Å²) in [6.45, 7) is 10.3. The van der Waals surface area contributed by atoms with Crippen LogP contribution >= 0.6 is 0 Å². The van der Waals surface area contributed by atoms with E-state index in [1.807, 2.05) is 6.07 Å². The zero-order valence-electron chi connectivity index (χ0n) is 19.6. The third-order valence-electron chi connectivity index (χ3n) is 6.37. The van der Waals surface area contributed by atoms with Gasteiger partial charge in [0.2, 0.25) is 5.88 Å². The molecule has 4 rings (SSSR count). The molecule has 1 saturated carbocycles. The zero-order valence-corrected chi connectivity index (χ0v) is 19.6. The molecule has 6 nitrogen and oxygen atoms in total. The smallest absolute Gasteiger partial charge is 0.418 e. The molecule has 0 amide bonds. The number of benzene rings is 1. The first-order chi connectivity index (χ1) is 17.1. The van der Waals surface area contributed by atoms with Crippen molar-refractivity contribution in [1.82, 2.24) is 4.98 Å². The van der Waals surface area contributed by atoms with Crippen molar-refractivity contribution in [1.29, 1.82) is 5.26 Å². The fourth-order valence-corrected chi connectivity index (χ4v) is 4.79. The van der Waals surface area contributed by atoms with E-state index in [1.165, 1.54) is 12.1 Å². The minimum atomic E-state index is -4.63. The third-order valence-corrected chi connectivity index (χ3v) is 6.37. The maximum atomic E-state index is 13.4. The molecule has 2 aliphatic rings. The normalized spacial score (nSPS) is 17.4. The number of nitrogens with zero attached hydrogens (tertiary/aromatic N) is 4. The van der Waals surface area contributed by atoms with Crippen molar-refractivity contribution in [3.8, 4) is 11.8 Å². The summed E-state index contributed by atoms with van der Waals surface area (Å²) in [6, 6.07) is 8.09. The van der Waals surface area contributed by atoms with Crippen molar-refractivity contribution in [2.45, 2.75) is 32.0 Å². The summed E-state index contributed by atoms with van der Waals surface area (Å²) < 4.78 is 64.9. The molecular weight excluding hydrogens is 476 g/mol. The van der Waals surface area contributed by atoms with Gasteiger partial charge in [0.05, 0.1) is 23.4 Å². The Hall–Kier alpha value is -3.87. The number of rotatable bonds is 8. The first-order valence-corrected chi connectivity index (χ1v) is 11.3. The summed E-state index contributed by atoms with van der Waals surface area (Å²) >= 11 is 0.